The first-order valence-electron chi connectivity index (χ1n) is 7.53. The summed E-state index contributed by atoms with van der Waals surface area (Å²) in [7, 11) is 0. The summed E-state index contributed by atoms with van der Waals surface area (Å²) >= 11 is 0. The number of pyridine rings is 1. The van der Waals surface area contributed by atoms with Gasteiger partial charge in [-0.2, -0.15) is 5.10 Å². The van der Waals surface area contributed by atoms with Crippen LogP contribution in [0.15, 0.2) is 54.9 Å². The highest BCUT2D eigenvalue weighted by atomic mass is 16.3. The fraction of sp³-hybridized carbons (Fsp3) is 0.278. The number of nitrogens with zero attached hydrogens (tertiary/aromatic N) is 2. The summed E-state index contributed by atoms with van der Waals surface area (Å²) in [4.78, 5) is 0. The maximum atomic E-state index is 10.7. The molecule has 0 aliphatic heterocycles. The third kappa shape index (κ3) is 2.14. The first-order valence-corrected chi connectivity index (χ1v) is 7.53. The molecular weight excluding hydrogens is 260 g/mol. The minimum atomic E-state index is -0.620. The molecule has 1 aliphatic carbocycles. The van der Waals surface area contributed by atoms with E-state index in [0.29, 0.717) is 5.92 Å². The monoisotopic (exact) mass is 278 g/mol. The Balaban J connectivity index is 1.72. The molecule has 106 valence electrons. The molecule has 2 heterocycles. The molecule has 1 fully saturated rings. The Labute approximate surface area is 123 Å². The number of benzene rings is 1. The fourth-order valence-corrected chi connectivity index (χ4v) is 3.07. The zero-order valence-electron chi connectivity index (χ0n) is 11.8. The first-order chi connectivity index (χ1) is 10.3. The lowest BCUT2D eigenvalue weighted by atomic mass is 9.79. The van der Waals surface area contributed by atoms with Crippen LogP contribution >= 0.6 is 0 Å². The van der Waals surface area contributed by atoms with Crippen LogP contribution in [0.1, 0.15) is 48.0 Å². The van der Waals surface area contributed by atoms with E-state index in [2.05, 4.69) is 23.3 Å². The van der Waals surface area contributed by atoms with Gasteiger partial charge in [0.2, 0.25) is 0 Å². The van der Waals surface area contributed by atoms with Gasteiger partial charge >= 0.3 is 0 Å². The van der Waals surface area contributed by atoms with Crippen molar-refractivity contribution >= 4 is 5.52 Å². The summed E-state index contributed by atoms with van der Waals surface area (Å²) in [6.45, 7) is 0. The molecule has 2 aromatic heterocycles. The molecule has 0 saturated heterocycles. The van der Waals surface area contributed by atoms with Gasteiger partial charge < -0.3 is 5.11 Å². The second-order valence-electron chi connectivity index (χ2n) is 5.83. The van der Waals surface area contributed by atoms with Crippen LogP contribution in [0, 0.1) is 0 Å². The molecule has 0 radical (unpaired) electrons. The van der Waals surface area contributed by atoms with Crippen molar-refractivity contribution in [3.8, 4) is 0 Å². The van der Waals surface area contributed by atoms with Crippen LogP contribution < -0.4 is 0 Å². The zero-order valence-corrected chi connectivity index (χ0v) is 11.8. The summed E-state index contributed by atoms with van der Waals surface area (Å²) in [5.74, 6) is 0.682. The predicted octanol–water partition coefficient (Wildman–Crippen LogP) is 3.68. The van der Waals surface area contributed by atoms with Crippen molar-refractivity contribution in [2.24, 2.45) is 0 Å². The molecule has 0 spiro atoms. The van der Waals surface area contributed by atoms with Crippen molar-refractivity contribution in [2.45, 2.75) is 31.3 Å². The van der Waals surface area contributed by atoms with Crippen LogP contribution in [-0.4, -0.2) is 14.7 Å². The van der Waals surface area contributed by atoms with E-state index >= 15 is 0 Å². The van der Waals surface area contributed by atoms with E-state index in [9.17, 15) is 5.11 Å². The largest absolute Gasteiger partial charge is 0.384 e. The minimum absolute atomic E-state index is 0.620. The molecular formula is C18H18N2O. The standard InChI is InChI=1S/C18H18N2O/c21-18(16-12-19-20-10-2-1-9-17(16)20)15-8-4-7-14(11-15)13-5-3-6-13/h1-2,4,7-13,18,21H,3,5-6H2. The number of fused-ring (bicyclic) bond motifs is 1. The van der Waals surface area contributed by atoms with E-state index in [-0.39, 0.29) is 0 Å². The minimum Gasteiger partial charge on any atom is -0.384 e. The van der Waals surface area contributed by atoms with Gasteiger partial charge in [0.1, 0.15) is 6.10 Å². The lowest BCUT2D eigenvalue weighted by molar-refractivity contribution is 0.221. The third-order valence-electron chi connectivity index (χ3n) is 4.55. The Morgan fingerprint density at radius 3 is 2.86 bits per heavy atom. The normalized spacial score (nSPS) is 16.8. The second kappa shape index (κ2) is 5.01. The molecule has 1 N–H and O–H groups in total. The molecule has 1 aliphatic rings. The number of hydrogen-bond acceptors (Lipinski definition) is 2. The molecule has 21 heavy (non-hydrogen) atoms. The molecule has 3 nitrogen and oxygen atoms in total. The Hall–Kier alpha value is -2.13. The zero-order chi connectivity index (χ0) is 14.2. The average molecular weight is 278 g/mol. The number of aromatic nitrogens is 2. The van der Waals surface area contributed by atoms with E-state index in [0.717, 1.165) is 16.6 Å². The van der Waals surface area contributed by atoms with Gasteiger partial charge in [-0.1, -0.05) is 36.8 Å². The van der Waals surface area contributed by atoms with Crippen LogP contribution in [0.2, 0.25) is 0 Å². The predicted molar refractivity (Wildman–Crippen MR) is 82.3 cm³/mol. The summed E-state index contributed by atoms with van der Waals surface area (Å²) in [5.41, 5.74) is 4.13. The van der Waals surface area contributed by atoms with Crippen molar-refractivity contribution < 1.29 is 5.11 Å². The molecule has 1 atom stereocenters. The maximum Gasteiger partial charge on any atom is 0.108 e. The maximum absolute atomic E-state index is 10.7. The highest BCUT2D eigenvalue weighted by molar-refractivity contribution is 5.56. The van der Waals surface area contributed by atoms with Crippen LogP contribution in [-0.2, 0) is 0 Å². The van der Waals surface area contributed by atoms with Crippen LogP contribution in [0.5, 0.6) is 0 Å². The molecule has 0 amide bonds. The van der Waals surface area contributed by atoms with Crippen molar-refractivity contribution in [1.29, 1.82) is 0 Å². The second-order valence-corrected chi connectivity index (χ2v) is 5.83. The number of aliphatic hydroxyl groups excluding tert-OH is 1. The van der Waals surface area contributed by atoms with Crippen LogP contribution in [0.3, 0.4) is 0 Å². The molecule has 3 heteroatoms. The van der Waals surface area contributed by atoms with Gasteiger partial charge in [0.15, 0.2) is 0 Å². The van der Waals surface area contributed by atoms with Crippen molar-refractivity contribution in [2.75, 3.05) is 0 Å². The van der Waals surface area contributed by atoms with Gasteiger partial charge in [-0.25, -0.2) is 4.52 Å². The summed E-state index contributed by atoms with van der Waals surface area (Å²) in [6, 6.07) is 14.3. The smallest absolute Gasteiger partial charge is 0.108 e. The van der Waals surface area contributed by atoms with Crippen LogP contribution in [0.25, 0.3) is 5.52 Å². The van der Waals surface area contributed by atoms with E-state index in [1.54, 1.807) is 10.7 Å². The molecule has 1 unspecified atom stereocenters. The quantitative estimate of drug-likeness (QED) is 0.793. The van der Waals surface area contributed by atoms with E-state index in [4.69, 9.17) is 0 Å². The summed E-state index contributed by atoms with van der Waals surface area (Å²) in [5, 5.41) is 15.0. The van der Waals surface area contributed by atoms with Gasteiger partial charge in [-0.15, -0.1) is 0 Å². The first kappa shape index (κ1) is 12.6. The highest BCUT2D eigenvalue weighted by Crippen LogP contribution is 2.37. The molecule has 0 bridgehead atoms. The lowest BCUT2D eigenvalue weighted by Gasteiger charge is -2.26. The van der Waals surface area contributed by atoms with E-state index in [1.807, 2.05) is 30.5 Å². The summed E-state index contributed by atoms with van der Waals surface area (Å²) in [6.07, 6.45) is 6.91. The Morgan fingerprint density at radius 1 is 1.14 bits per heavy atom. The van der Waals surface area contributed by atoms with Gasteiger partial charge in [-0.05, 0) is 42.0 Å². The van der Waals surface area contributed by atoms with Crippen molar-refractivity contribution in [3.05, 3.63) is 71.5 Å². The summed E-state index contributed by atoms with van der Waals surface area (Å²) < 4.78 is 1.80. The molecule has 1 saturated carbocycles. The third-order valence-corrected chi connectivity index (χ3v) is 4.55. The van der Waals surface area contributed by atoms with Crippen molar-refractivity contribution in [1.82, 2.24) is 9.61 Å². The van der Waals surface area contributed by atoms with Crippen molar-refractivity contribution in [3.63, 3.8) is 0 Å². The molecule has 1 aromatic carbocycles. The Morgan fingerprint density at radius 2 is 2.05 bits per heavy atom. The number of hydrogen-bond donors (Lipinski definition) is 1. The fourth-order valence-electron chi connectivity index (χ4n) is 3.07. The molecule has 3 aromatic rings. The number of aliphatic hydroxyl groups is 1. The Kier molecular flexibility index (Phi) is 3.00. The SMILES string of the molecule is OC(c1cccc(C2CCC2)c1)c1cnn2ccccc12. The van der Waals surface area contributed by atoms with Gasteiger partial charge in [-0.3, -0.25) is 0 Å². The van der Waals surface area contributed by atoms with E-state index < -0.39 is 6.10 Å². The highest BCUT2D eigenvalue weighted by Gasteiger charge is 2.21. The van der Waals surface area contributed by atoms with E-state index in [1.165, 1.54) is 24.8 Å². The Bertz CT molecular complexity index is 773. The van der Waals surface area contributed by atoms with Gasteiger partial charge in [0, 0.05) is 11.8 Å². The van der Waals surface area contributed by atoms with Crippen LogP contribution in [0.4, 0.5) is 0 Å². The average Bonchev–Trinajstić information content (AvgIpc) is 2.89. The van der Waals surface area contributed by atoms with Gasteiger partial charge in [0.05, 0.1) is 11.7 Å². The topological polar surface area (TPSA) is 37.5 Å². The lowest BCUT2D eigenvalue weighted by Crippen LogP contribution is -2.09. The van der Waals surface area contributed by atoms with Gasteiger partial charge in [0.25, 0.3) is 0 Å². The molecule has 4 rings (SSSR count). The number of rotatable bonds is 3.